The van der Waals surface area contributed by atoms with Crippen LogP contribution in [0.25, 0.3) is 0 Å². The monoisotopic (exact) mass is 234 g/mol. The van der Waals surface area contributed by atoms with E-state index in [9.17, 15) is 9.50 Å². The molecular formula is C15H19FO. The van der Waals surface area contributed by atoms with Crippen molar-refractivity contribution in [2.24, 2.45) is 17.8 Å². The molecule has 1 aromatic carbocycles. The molecule has 0 aromatic heterocycles. The van der Waals surface area contributed by atoms with Crippen LogP contribution in [-0.2, 0) is 0 Å². The molecule has 17 heavy (non-hydrogen) atoms. The lowest BCUT2D eigenvalue weighted by atomic mass is 9.69. The third-order valence-electron chi connectivity index (χ3n) is 3.89. The van der Waals surface area contributed by atoms with Gasteiger partial charge >= 0.3 is 0 Å². The van der Waals surface area contributed by atoms with E-state index in [4.69, 9.17) is 0 Å². The van der Waals surface area contributed by atoms with Crippen LogP contribution in [-0.4, -0.2) is 11.7 Å². The molecule has 0 unspecified atom stereocenters. The van der Waals surface area contributed by atoms with E-state index in [1.165, 1.54) is 12.1 Å². The first-order chi connectivity index (χ1) is 8.13. The standard InChI is InChI=1S/C15H19FO/c1-10-3-4-11(2)15(14(10)9-17)12-5-7-13(16)8-6-12/h3-8,10-11,14-15,17H,9H2,1-2H3/t10-,11+,14-,15+/m0/s1. The molecule has 1 N–H and O–H groups in total. The van der Waals surface area contributed by atoms with Gasteiger partial charge in [0.15, 0.2) is 0 Å². The fraction of sp³-hybridized carbons (Fsp3) is 0.467. The predicted octanol–water partition coefficient (Wildman–Crippen LogP) is 3.36. The molecule has 1 aromatic rings. The molecule has 0 spiro atoms. The fourth-order valence-corrected chi connectivity index (χ4v) is 2.85. The molecule has 1 aliphatic rings. The van der Waals surface area contributed by atoms with E-state index < -0.39 is 0 Å². The van der Waals surface area contributed by atoms with Gasteiger partial charge in [-0.25, -0.2) is 4.39 Å². The van der Waals surface area contributed by atoms with Crippen LogP contribution in [0, 0.1) is 23.6 Å². The Balaban J connectivity index is 2.34. The second-order valence-electron chi connectivity index (χ2n) is 5.03. The van der Waals surface area contributed by atoms with Crippen LogP contribution in [0.2, 0.25) is 0 Å². The molecule has 0 amide bonds. The molecular weight excluding hydrogens is 215 g/mol. The third kappa shape index (κ3) is 2.42. The van der Waals surface area contributed by atoms with Crippen LogP contribution in [0.3, 0.4) is 0 Å². The van der Waals surface area contributed by atoms with E-state index in [0.29, 0.717) is 11.8 Å². The normalized spacial score (nSPS) is 32.7. The van der Waals surface area contributed by atoms with Crippen LogP contribution < -0.4 is 0 Å². The van der Waals surface area contributed by atoms with Gasteiger partial charge in [-0.05, 0) is 41.4 Å². The summed E-state index contributed by atoms with van der Waals surface area (Å²) in [5.74, 6) is 1.04. The van der Waals surface area contributed by atoms with Gasteiger partial charge in [0, 0.05) is 6.61 Å². The van der Waals surface area contributed by atoms with Crippen LogP contribution >= 0.6 is 0 Å². The zero-order valence-electron chi connectivity index (χ0n) is 10.3. The van der Waals surface area contributed by atoms with Crippen molar-refractivity contribution in [2.45, 2.75) is 19.8 Å². The van der Waals surface area contributed by atoms with E-state index in [-0.39, 0.29) is 24.3 Å². The van der Waals surface area contributed by atoms with Gasteiger partial charge in [0.05, 0.1) is 0 Å². The molecule has 2 rings (SSSR count). The molecule has 4 atom stereocenters. The SMILES string of the molecule is C[C@@H]1C=C[C@H](C)[C@H](CO)[C@H]1c1ccc(F)cc1. The minimum absolute atomic E-state index is 0.178. The summed E-state index contributed by atoms with van der Waals surface area (Å²) in [5.41, 5.74) is 1.12. The van der Waals surface area contributed by atoms with E-state index in [1.807, 2.05) is 12.1 Å². The molecule has 0 aliphatic heterocycles. The van der Waals surface area contributed by atoms with Gasteiger partial charge in [-0.15, -0.1) is 0 Å². The second-order valence-corrected chi connectivity index (χ2v) is 5.03. The summed E-state index contributed by atoms with van der Waals surface area (Å²) in [5, 5.41) is 9.56. The van der Waals surface area contributed by atoms with Gasteiger partial charge in [-0.1, -0.05) is 38.1 Å². The van der Waals surface area contributed by atoms with E-state index in [2.05, 4.69) is 26.0 Å². The number of benzene rings is 1. The number of rotatable bonds is 2. The number of aliphatic hydroxyl groups excluding tert-OH is 1. The summed E-state index contributed by atoms with van der Waals surface area (Å²) in [6.07, 6.45) is 4.37. The van der Waals surface area contributed by atoms with Crippen molar-refractivity contribution in [2.75, 3.05) is 6.61 Å². The van der Waals surface area contributed by atoms with Crippen molar-refractivity contribution in [3.8, 4) is 0 Å². The van der Waals surface area contributed by atoms with Gasteiger partial charge in [0.2, 0.25) is 0 Å². The lowest BCUT2D eigenvalue weighted by Gasteiger charge is -2.36. The Hall–Kier alpha value is -1.15. The van der Waals surface area contributed by atoms with Crippen molar-refractivity contribution in [1.29, 1.82) is 0 Å². The number of hydrogen-bond acceptors (Lipinski definition) is 1. The predicted molar refractivity (Wildman–Crippen MR) is 67.2 cm³/mol. The first-order valence-electron chi connectivity index (χ1n) is 6.18. The summed E-state index contributed by atoms with van der Waals surface area (Å²) in [7, 11) is 0. The highest BCUT2D eigenvalue weighted by Gasteiger charge is 2.32. The Morgan fingerprint density at radius 1 is 1.06 bits per heavy atom. The van der Waals surface area contributed by atoms with Crippen molar-refractivity contribution >= 4 is 0 Å². The largest absolute Gasteiger partial charge is 0.396 e. The number of allylic oxidation sites excluding steroid dienone is 2. The van der Waals surface area contributed by atoms with E-state index in [0.717, 1.165) is 5.56 Å². The molecule has 0 radical (unpaired) electrons. The van der Waals surface area contributed by atoms with Gasteiger partial charge in [-0.3, -0.25) is 0 Å². The van der Waals surface area contributed by atoms with Gasteiger partial charge in [0.25, 0.3) is 0 Å². The maximum atomic E-state index is 12.9. The van der Waals surface area contributed by atoms with Crippen molar-refractivity contribution in [3.63, 3.8) is 0 Å². The average molecular weight is 234 g/mol. The van der Waals surface area contributed by atoms with Crippen molar-refractivity contribution in [1.82, 2.24) is 0 Å². The highest BCUT2D eigenvalue weighted by Crippen LogP contribution is 2.40. The summed E-state index contributed by atoms with van der Waals surface area (Å²) in [6.45, 7) is 4.46. The fourth-order valence-electron chi connectivity index (χ4n) is 2.85. The summed E-state index contributed by atoms with van der Waals surface area (Å²) < 4.78 is 12.9. The summed E-state index contributed by atoms with van der Waals surface area (Å²) in [4.78, 5) is 0. The first kappa shape index (κ1) is 12.3. The second kappa shape index (κ2) is 5.01. The molecule has 1 nitrogen and oxygen atoms in total. The van der Waals surface area contributed by atoms with E-state index >= 15 is 0 Å². The van der Waals surface area contributed by atoms with Crippen LogP contribution in [0.15, 0.2) is 36.4 Å². The molecule has 0 bridgehead atoms. The summed E-state index contributed by atoms with van der Waals surface area (Å²) >= 11 is 0. The Morgan fingerprint density at radius 3 is 2.24 bits per heavy atom. The summed E-state index contributed by atoms with van der Waals surface area (Å²) in [6, 6.07) is 6.68. The lowest BCUT2D eigenvalue weighted by molar-refractivity contribution is 0.153. The lowest BCUT2D eigenvalue weighted by Crippen LogP contribution is -2.30. The van der Waals surface area contributed by atoms with Crippen LogP contribution in [0.1, 0.15) is 25.3 Å². The first-order valence-corrected chi connectivity index (χ1v) is 6.18. The Labute approximate surface area is 102 Å². The number of hydrogen-bond donors (Lipinski definition) is 1. The highest BCUT2D eigenvalue weighted by molar-refractivity contribution is 5.25. The highest BCUT2D eigenvalue weighted by atomic mass is 19.1. The third-order valence-corrected chi connectivity index (χ3v) is 3.89. The van der Waals surface area contributed by atoms with Gasteiger partial charge < -0.3 is 5.11 Å². The van der Waals surface area contributed by atoms with Crippen molar-refractivity contribution in [3.05, 3.63) is 47.8 Å². The molecule has 0 fully saturated rings. The molecule has 0 saturated carbocycles. The zero-order chi connectivity index (χ0) is 12.4. The molecule has 0 saturated heterocycles. The van der Waals surface area contributed by atoms with Gasteiger partial charge in [0.1, 0.15) is 5.82 Å². The molecule has 92 valence electrons. The van der Waals surface area contributed by atoms with Crippen LogP contribution in [0.5, 0.6) is 0 Å². The minimum atomic E-state index is -0.207. The molecule has 2 heteroatoms. The quantitative estimate of drug-likeness (QED) is 0.778. The molecule has 1 aliphatic carbocycles. The van der Waals surface area contributed by atoms with Crippen molar-refractivity contribution < 1.29 is 9.50 Å². The maximum Gasteiger partial charge on any atom is 0.123 e. The van der Waals surface area contributed by atoms with Crippen LogP contribution in [0.4, 0.5) is 4.39 Å². The topological polar surface area (TPSA) is 20.2 Å². The average Bonchev–Trinajstić information content (AvgIpc) is 2.33. The number of halogens is 1. The Kier molecular flexibility index (Phi) is 3.63. The van der Waals surface area contributed by atoms with E-state index in [1.54, 1.807) is 0 Å². The smallest absolute Gasteiger partial charge is 0.123 e. The minimum Gasteiger partial charge on any atom is -0.396 e. The maximum absolute atomic E-state index is 12.9. The Bertz CT molecular complexity index is 396. The molecule has 0 heterocycles. The zero-order valence-corrected chi connectivity index (χ0v) is 10.3. The Morgan fingerprint density at radius 2 is 1.65 bits per heavy atom. The number of aliphatic hydroxyl groups is 1. The van der Waals surface area contributed by atoms with Gasteiger partial charge in [-0.2, -0.15) is 0 Å².